The Morgan fingerprint density at radius 3 is 1.22 bits per heavy atom. The van der Waals surface area contributed by atoms with Crippen LogP contribution in [0.1, 0.15) is 112 Å². The molecule has 42 heteroatoms. The summed E-state index contributed by atoms with van der Waals surface area (Å²) in [6.45, 7) is -2.37. The second-order valence-corrected chi connectivity index (χ2v) is 21.6. The van der Waals surface area contributed by atoms with Gasteiger partial charge in [-0.15, -0.1) is 10.2 Å². The standard InChI is InChI=1S/C56H86N22O20/c1-96-54(95)31-18-34(97-29-32-25-77(75-73-32)16-6-2-4-12-42(81)67-36(10-8-14-63-55(59)60)50(91)65-23-44(83)69-38(21-46(85)86)52(93)71-40(27-79)48(57)89)20-35(19-31)98-30-33-26-78(76-74-33)17-7-3-5-13-43(82)68-37(11-9-15-64-56(61)62)51(92)66-24-45(84)70-39(22-47(87)88)53(94)72-41(28-80)49(58)90/h18-20,25-26,36-41,79-80H,2-17,21-24,27-30H2,1H3,(H2,57,89)(H2,58,90)(H,65,91)(H,66,92)(H,67,81)(H,68,82)(H,69,83)(H,70,84)(H,71,93)(H,72,94)(H,85,86)(H,87,88)(H4,59,60,63)(H4,61,62,64)/t36-,37-,38-,39-,40-,41-/m0/s1. The van der Waals surface area contributed by atoms with E-state index in [4.69, 9.17) is 48.6 Å². The molecule has 0 aliphatic heterocycles. The lowest BCUT2D eigenvalue weighted by Crippen LogP contribution is -2.56. The van der Waals surface area contributed by atoms with Gasteiger partial charge in [-0.3, -0.25) is 76.9 Å². The molecule has 3 rings (SSSR count). The first kappa shape index (κ1) is 80.9. The number of benzene rings is 1. The zero-order valence-electron chi connectivity index (χ0n) is 53.7. The molecule has 6 atom stereocenters. The van der Waals surface area contributed by atoms with E-state index < -0.39 is 152 Å². The van der Waals surface area contributed by atoms with Gasteiger partial charge in [0.2, 0.25) is 59.1 Å². The Balaban J connectivity index is 1.48. The normalized spacial score (nSPS) is 12.6. The first-order chi connectivity index (χ1) is 46.6. The van der Waals surface area contributed by atoms with Crippen LogP contribution < -0.4 is 86.4 Å². The van der Waals surface area contributed by atoms with Crippen molar-refractivity contribution >= 4 is 88.9 Å². The van der Waals surface area contributed by atoms with Gasteiger partial charge in [-0.05, 0) is 63.5 Å². The molecule has 42 nitrogen and oxygen atoms in total. The summed E-state index contributed by atoms with van der Waals surface area (Å²) in [4.78, 5) is 169. The zero-order chi connectivity index (χ0) is 72.7. The van der Waals surface area contributed by atoms with E-state index in [-0.39, 0.29) is 93.8 Å². The highest BCUT2D eigenvalue weighted by Crippen LogP contribution is 2.25. The summed E-state index contributed by atoms with van der Waals surface area (Å²) in [6, 6.07) is -4.41. The van der Waals surface area contributed by atoms with Gasteiger partial charge in [0.25, 0.3) is 0 Å². The van der Waals surface area contributed by atoms with Crippen molar-refractivity contribution < 1.29 is 97.0 Å². The molecule has 2 aromatic heterocycles. The molecule has 0 radical (unpaired) electrons. The number of amides is 10. The number of aliphatic carboxylic acids is 2. The minimum atomic E-state index is -1.72. The van der Waals surface area contributed by atoms with Gasteiger partial charge in [-0.25, -0.2) is 4.79 Å². The van der Waals surface area contributed by atoms with E-state index in [1.807, 2.05) is 10.6 Å². The molecule has 0 bridgehead atoms. The quantitative estimate of drug-likeness (QED) is 0.0108. The predicted octanol–water partition coefficient (Wildman–Crippen LogP) is -7.91. The zero-order valence-corrected chi connectivity index (χ0v) is 53.7. The number of nitrogens with one attached hydrogen (secondary N) is 8. The molecule has 540 valence electrons. The Kier molecular flexibility index (Phi) is 36.0. The third-order valence-corrected chi connectivity index (χ3v) is 13.6. The minimum absolute atomic E-state index is 0.0110. The SMILES string of the molecule is COC(=O)c1cc(OCc2cn(CCCCCC(=O)N[C@@H](CCCN=C(N)N)C(=O)NCC(=O)N[C@@H](CC(=O)O)C(=O)N[C@@H](CO)C(N)=O)nn2)cc(OCc2cn(CCCCCC(=O)N[C@@H](CCCN=C(N)N)C(=O)NCC(=O)N[C@@H](CC(=O)O)C(=O)N[C@@H](CO)C(N)=O)nn2)c1. The molecule has 0 aliphatic rings. The number of aliphatic imine (C=N–C) groups is 2. The number of aliphatic hydroxyl groups is 2. The highest BCUT2D eigenvalue weighted by Gasteiger charge is 2.31. The molecule has 0 unspecified atom stereocenters. The van der Waals surface area contributed by atoms with Crippen LogP contribution in [0.3, 0.4) is 0 Å². The predicted molar refractivity (Wildman–Crippen MR) is 338 cm³/mol. The van der Waals surface area contributed by atoms with Crippen molar-refractivity contribution in [1.82, 2.24) is 72.5 Å². The van der Waals surface area contributed by atoms with Crippen LogP contribution in [0.5, 0.6) is 11.5 Å². The van der Waals surface area contributed by atoms with Gasteiger partial charge in [-0.2, -0.15) is 0 Å². The lowest BCUT2D eigenvalue weighted by molar-refractivity contribution is -0.141. The number of esters is 1. The number of methoxy groups -OCH3 is 1. The number of primary amides is 2. The maximum atomic E-state index is 13.2. The number of aryl methyl sites for hydroxylation is 2. The highest BCUT2D eigenvalue weighted by atomic mass is 16.5. The molecule has 24 N–H and O–H groups in total. The first-order valence-corrected chi connectivity index (χ1v) is 30.5. The number of carbonyl (C=O) groups is 13. The summed E-state index contributed by atoms with van der Waals surface area (Å²) < 4.78 is 20.0. The van der Waals surface area contributed by atoms with Gasteiger partial charge in [0.1, 0.15) is 72.4 Å². The van der Waals surface area contributed by atoms with Gasteiger partial charge in [-0.1, -0.05) is 23.3 Å². The Morgan fingerprint density at radius 1 is 0.490 bits per heavy atom. The van der Waals surface area contributed by atoms with Crippen LogP contribution >= 0.6 is 0 Å². The molecule has 10 amide bonds. The average Bonchev–Trinajstić information content (AvgIpc) is 1.08. The summed E-state index contributed by atoms with van der Waals surface area (Å²) in [5.74, 6) is -12.6. The maximum absolute atomic E-state index is 13.2. The average molecular weight is 1390 g/mol. The number of carboxylic acid groups (broad SMARTS) is 2. The number of aromatic nitrogens is 6. The number of ether oxygens (including phenoxy) is 3. The molecule has 0 saturated carbocycles. The van der Waals surface area contributed by atoms with Crippen LogP contribution in [0.25, 0.3) is 0 Å². The monoisotopic (exact) mass is 1390 g/mol. The van der Waals surface area contributed by atoms with Crippen molar-refractivity contribution in [3.63, 3.8) is 0 Å². The van der Waals surface area contributed by atoms with Crippen LogP contribution in [0, 0.1) is 0 Å². The Labute approximate surface area is 559 Å². The third kappa shape index (κ3) is 32.7. The Morgan fingerprint density at radius 2 is 0.878 bits per heavy atom. The summed E-state index contributed by atoms with van der Waals surface area (Å²) in [6.07, 6.45) is 5.08. The topological polar surface area (TPSA) is 669 Å². The molecule has 0 spiro atoms. The Hall–Kier alpha value is -11.3. The number of carbonyl (C=O) groups excluding carboxylic acids is 11. The third-order valence-electron chi connectivity index (χ3n) is 13.6. The number of carboxylic acids is 2. The number of rotatable bonds is 49. The largest absolute Gasteiger partial charge is 0.487 e. The van der Waals surface area contributed by atoms with Crippen LogP contribution in [0.15, 0.2) is 40.6 Å². The second kappa shape index (κ2) is 43.6. The molecule has 0 aliphatic carbocycles. The lowest BCUT2D eigenvalue weighted by atomic mass is 10.1. The summed E-state index contributed by atoms with van der Waals surface area (Å²) in [5.41, 5.74) is 32.8. The maximum Gasteiger partial charge on any atom is 0.338 e. The van der Waals surface area contributed by atoms with Crippen molar-refractivity contribution in [2.45, 2.75) is 152 Å². The smallest absolute Gasteiger partial charge is 0.338 e. The van der Waals surface area contributed by atoms with E-state index in [2.05, 4.69) is 62.5 Å². The molecule has 0 fully saturated rings. The van der Waals surface area contributed by atoms with Gasteiger partial charge in [0.15, 0.2) is 11.9 Å². The number of nitrogens with zero attached hydrogens (tertiary/aromatic N) is 8. The number of hydrogen-bond donors (Lipinski definition) is 18. The Bertz CT molecular complexity index is 3060. The molecule has 2 heterocycles. The van der Waals surface area contributed by atoms with E-state index >= 15 is 0 Å². The number of aliphatic hydroxyl groups excluding tert-OH is 2. The lowest BCUT2D eigenvalue weighted by Gasteiger charge is -2.21. The highest BCUT2D eigenvalue weighted by molar-refractivity contribution is 5.97. The van der Waals surface area contributed by atoms with Gasteiger partial charge < -0.3 is 112 Å². The molecular formula is C56H86N22O20. The molecule has 98 heavy (non-hydrogen) atoms. The van der Waals surface area contributed by atoms with E-state index in [9.17, 15) is 82.8 Å². The van der Waals surface area contributed by atoms with Gasteiger partial charge in [0, 0.05) is 45.1 Å². The van der Waals surface area contributed by atoms with Crippen molar-refractivity contribution in [3.05, 3.63) is 47.5 Å². The summed E-state index contributed by atoms with van der Waals surface area (Å²) in [7, 11) is 1.21. The fraction of sp³-hybridized carbons (Fsp3) is 0.554. The van der Waals surface area contributed by atoms with Crippen LogP contribution in [-0.2, 0) is 88.6 Å². The van der Waals surface area contributed by atoms with Crippen molar-refractivity contribution in [1.29, 1.82) is 0 Å². The molecule has 0 saturated heterocycles. The second-order valence-electron chi connectivity index (χ2n) is 21.6. The number of hydrogen-bond acceptors (Lipinski definition) is 24. The van der Waals surface area contributed by atoms with Crippen molar-refractivity contribution in [3.8, 4) is 11.5 Å². The van der Waals surface area contributed by atoms with Crippen LogP contribution in [0.2, 0.25) is 0 Å². The minimum Gasteiger partial charge on any atom is -0.487 e. The molecule has 3 aromatic rings. The number of nitrogens with two attached hydrogens (primary N) is 6. The van der Waals surface area contributed by atoms with Gasteiger partial charge >= 0.3 is 17.9 Å². The van der Waals surface area contributed by atoms with Crippen LogP contribution in [-0.4, -0.2) is 222 Å². The van der Waals surface area contributed by atoms with Crippen LogP contribution in [0.4, 0.5) is 0 Å². The first-order valence-electron chi connectivity index (χ1n) is 30.5. The number of unbranched alkanes of at least 4 members (excludes halogenated alkanes) is 4. The van der Waals surface area contributed by atoms with E-state index in [1.54, 1.807) is 27.8 Å². The van der Waals surface area contributed by atoms with Gasteiger partial charge in [0.05, 0.1) is 64.2 Å². The fourth-order valence-electron chi connectivity index (χ4n) is 8.66. The number of guanidine groups is 2. The van der Waals surface area contributed by atoms with E-state index in [0.29, 0.717) is 63.0 Å². The van der Waals surface area contributed by atoms with E-state index in [0.717, 1.165) is 0 Å². The molecule has 1 aromatic carbocycles. The summed E-state index contributed by atoms with van der Waals surface area (Å²) >= 11 is 0. The molecular weight excluding hydrogens is 1300 g/mol. The van der Waals surface area contributed by atoms with Crippen molar-refractivity contribution in [2.24, 2.45) is 44.4 Å². The van der Waals surface area contributed by atoms with E-state index in [1.165, 1.54) is 19.2 Å². The van der Waals surface area contributed by atoms with Crippen molar-refractivity contribution in [2.75, 3.05) is 46.5 Å². The fourth-order valence-corrected chi connectivity index (χ4v) is 8.66. The summed E-state index contributed by atoms with van der Waals surface area (Å²) in [5, 5.41) is 72.0.